The van der Waals surface area contributed by atoms with Crippen molar-refractivity contribution in [2.45, 2.75) is 52.1 Å². The monoisotopic (exact) mass is 325 g/mol. The van der Waals surface area contributed by atoms with Crippen LogP contribution in [0.1, 0.15) is 51.5 Å². The zero-order chi connectivity index (χ0) is 17.3. The summed E-state index contributed by atoms with van der Waals surface area (Å²) in [5.41, 5.74) is 3.97. The summed E-state index contributed by atoms with van der Waals surface area (Å²) in [7, 11) is 0. The molecular formula is C20H23NO3. The van der Waals surface area contributed by atoms with E-state index in [1.54, 1.807) is 0 Å². The van der Waals surface area contributed by atoms with Crippen LogP contribution in [0, 0.1) is 0 Å². The molecule has 1 aliphatic heterocycles. The molecule has 3 rings (SSSR count). The van der Waals surface area contributed by atoms with Gasteiger partial charge in [0.05, 0.1) is 11.7 Å². The Bertz CT molecular complexity index is 729. The first-order valence-electron chi connectivity index (χ1n) is 8.49. The molecule has 0 saturated heterocycles. The molecule has 1 unspecified atom stereocenters. The highest BCUT2D eigenvalue weighted by Gasteiger charge is 2.39. The van der Waals surface area contributed by atoms with Gasteiger partial charge in [0.15, 0.2) is 5.78 Å². The molecule has 0 saturated carbocycles. The molecule has 1 heterocycles. The first kappa shape index (κ1) is 16.5. The number of rotatable bonds is 3. The average molecular weight is 325 g/mol. The fourth-order valence-electron chi connectivity index (χ4n) is 3.51. The van der Waals surface area contributed by atoms with E-state index < -0.39 is 0 Å². The first-order chi connectivity index (χ1) is 11.5. The third kappa shape index (κ3) is 3.01. The number of nitrogens with one attached hydrogen (secondary N) is 1. The Morgan fingerprint density at radius 2 is 1.92 bits per heavy atom. The van der Waals surface area contributed by atoms with Gasteiger partial charge >= 0.3 is 5.97 Å². The Labute approximate surface area is 142 Å². The van der Waals surface area contributed by atoms with Crippen LogP contribution < -0.4 is 5.32 Å². The highest BCUT2D eigenvalue weighted by Crippen LogP contribution is 2.42. The van der Waals surface area contributed by atoms with Crippen LogP contribution in [0.3, 0.4) is 0 Å². The number of carbonyl (C=O) groups excluding carboxylic acids is 2. The Morgan fingerprint density at radius 3 is 2.58 bits per heavy atom. The van der Waals surface area contributed by atoms with Crippen LogP contribution in [0.4, 0.5) is 0 Å². The van der Waals surface area contributed by atoms with Gasteiger partial charge in [0.2, 0.25) is 0 Å². The molecule has 0 aromatic heterocycles. The van der Waals surface area contributed by atoms with Gasteiger partial charge in [-0.1, -0.05) is 30.3 Å². The predicted molar refractivity (Wildman–Crippen MR) is 92.1 cm³/mol. The molecule has 4 nitrogen and oxygen atoms in total. The molecule has 2 aliphatic rings. The highest BCUT2D eigenvalue weighted by atomic mass is 16.5. The standard InChI is InChI=1S/C20H23NO3/c1-12(2)24-20(23)17-13(3)21-15-10-7-11-16(22)19(15)18(17)14-8-5-4-6-9-14/h4-6,8-9,12,18,21H,7,10-11H2,1-3H3. The lowest BCUT2D eigenvalue weighted by Crippen LogP contribution is -2.34. The van der Waals surface area contributed by atoms with Crippen LogP contribution >= 0.6 is 0 Å². The van der Waals surface area contributed by atoms with E-state index in [9.17, 15) is 9.59 Å². The normalized spacial score (nSPS) is 20.8. The van der Waals surface area contributed by atoms with Gasteiger partial charge in [-0.2, -0.15) is 0 Å². The van der Waals surface area contributed by atoms with Crippen LogP contribution in [0.5, 0.6) is 0 Å². The van der Waals surface area contributed by atoms with Crippen molar-refractivity contribution in [1.29, 1.82) is 0 Å². The molecule has 0 bridgehead atoms. The van der Waals surface area contributed by atoms with E-state index in [1.165, 1.54) is 0 Å². The maximum Gasteiger partial charge on any atom is 0.337 e. The largest absolute Gasteiger partial charge is 0.460 e. The quantitative estimate of drug-likeness (QED) is 0.863. The molecule has 0 spiro atoms. The van der Waals surface area contributed by atoms with Crippen molar-refractivity contribution in [3.05, 3.63) is 58.4 Å². The minimum absolute atomic E-state index is 0.125. The van der Waals surface area contributed by atoms with E-state index in [1.807, 2.05) is 51.1 Å². The molecule has 0 radical (unpaired) electrons. The molecule has 126 valence electrons. The van der Waals surface area contributed by atoms with Crippen molar-refractivity contribution in [3.8, 4) is 0 Å². The third-order valence-corrected chi connectivity index (χ3v) is 4.47. The number of ether oxygens (including phenoxy) is 1. The fraction of sp³-hybridized carbons (Fsp3) is 0.400. The number of hydrogen-bond donors (Lipinski definition) is 1. The van der Waals surface area contributed by atoms with Crippen LogP contribution in [-0.2, 0) is 14.3 Å². The molecule has 0 amide bonds. The summed E-state index contributed by atoms with van der Waals surface area (Å²) in [4.78, 5) is 25.4. The van der Waals surface area contributed by atoms with Gasteiger partial charge in [-0.3, -0.25) is 4.79 Å². The van der Waals surface area contributed by atoms with Gasteiger partial charge in [-0.15, -0.1) is 0 Å². The Balaban J connectivity index is 2.12. The second-order valence-corrected chi connectivity index (χ2v) is 6.63. The SMILES string of the molecule is CC1=C(C(=O)OC(C)C)C(c2ccccc2)C2=C(CCCC2=O)N1. The van der Waals surface area contributed by atoms with E-state index in [2.05, 4.69) is 5.32 Å². The Morgan fingerprint density at radius 1 is 1.21 bits per heavy atom. The van der Waals surface area contributed by atoms with Crippen molar-refractivity contribution in [3.63, 3.8) is 0 Å². The summed E-state index contributed by atoms with van der Waals surface area (Å²) in [6, 6.07) is 9.75. The molecule has 1 aromatic carbocycles. The number of ketones is 1. The van der Waals surface area contributed by atoms with E-state index in [0.29, 0.717) is 12.0 Å². The second kappa shape index (κ2) is 6.63. The fourth-order valence-corrected chi connectivity index (χ4v) is 3.51. The van der Waals surface area contributed by atoms with Gasteiger partial charge in [0, 0.05) is 29.3 Å². The van der Waals surface area contributed by atoms with Gasteiger partial charge < -0.3 is 10.1 Å². The number of Topliss-reactive ketones (excluding diaryl/α,β-unsaturated/α-hetero) is 1. The minimum Gasteiger partial charge on any atom is -0.460 e. The summed E-state index contributed by atoms with van der Waals surface area (Å²) in [6.07, 6.45) is 2.03. The maximum atomic E-state index is 12.7. The molecule has 0 fully saturated rings. The van der Waals surface area contributed by atoms with Crippen molar-refractivity contribution in [2.75, 3.05) is 0 Å². The summed E-state index contributed by atoms with van der Waals surface area (Å²) in [6.45, 7) is 5.55. The first-order valence-corrected chi connectivity index (χ1v) is 8.49. The minimum atomic E-state index is -0.353. The van der Waals surface area contributed by atoms with Crippen LogP contribution in [0.25, 0.3) is 0 Å². The number of benzene rings is 1. The number of allylic oxidation sites excluding steroid dienone is 3. The zero-order valence-corrected chi connectivity index (χ0v) is 14.4. The maximum absolute atomic E-state index is 12.7. The van der Waals surface area contributed by atoms with Crippen molar-refractivity contribution >= 4 is 11.8 Å². The van der Waals surface area contributed by atoms with Crippen molar-refractivity contribution < 1.29 is 14.3 Å². The van der Waals surface area contributed by atoms with E-state index in [0.717, 1.165) is 35.4 Å². The van der Waals surface area contributed by atoms with Crippen LogP contribution in [-0.4, -0.2) is 17.9 Å². The Hall–Kier alpha value is -2.36. The summed E-state index contributed by atoms with van der Waals surface area (Å²) >= 11 is 0. The lowest BCUT2D eigenvalue weighted by atomic mass is 9.75. The highest BCUT2D eigenvalue weighted by molar-refractivity contribution is 6.03. The van der Waals surface area contributed by atoms with Gasteiger partial charge in [0.1, 0.15) is 0 Å². The van der Waals surface area contributed by atoms with E-state index in [-0.39, 0.29) is 23.8 Å². The number of esters is 1. The second-order valence-electron chi connectivity index (χ2n) is 6.63. The van der Waals surface area contributed by atoms with Crippen molar-refractivity contribution in [2.24, 2.45) is 0 Å². The average Bonchev–Trinajstić information content (AvgIpc) is 2.53. The van der Waals surface area contributed by atoms with E-state index >= 15 is 0 Å². The summed E-state index contributed by atoms with van der Waals surface area (Å²) in [5, 5.41) is 3.29. The van der Waals surface area contributed by atoms with Crippen LogP contribution in [0.15, 0.2) is 52.9 Å². The lowest BCUT2D eigenvalue weighted by Gasteiger charge is -2.34. The molecule has 1 atom stereocenters. The molecule has 1 N–H and O–H groups in total. The predicted octanol–water partition coefficient (Wildman–Crippen LogP) is 3.61. The van der Waals surface area contributed by atoms with Crippen molar-refractivity contribution in [1.82, 2.24) is 5.32 Å². The van der Waals surface area contributed by atoms with Gasteiger partial charge in [-0.25, -0.2) is 4.79 Å². The topological polar surface area (TPSA) is 55.4 Å². The number of dihydropyridines is 1. The molecule has 1 aliphatic carbocycles. The molecule has 24 heavy (non-hydrogen) atoms. The van der Waals surface area contributed by atoms with Crippen LogP contribution in [0.2, 0.25) is 0 Å². The third-order valence-electron chi connectivity index (χ3n) is 4.47. The number of carbonyl (C=O) groups is 2. The van der Waals surface area contributed by atoms with Gasteiger partial charge in [-0.05, 0) is 39.2 Å². The zero-order valence-electron chi connectivity index (χ0n) is 14.4. The summed E-state index contributed by atoms with van der Waals surface area (Å²) < 4.78 is 5.46. The number of hydrogen-bond acceptors (Lipinski definition) is 4. The Kier molecular flexibility index (Phi) is 4.56. The molecule has 4 heteroatoms. The summed E-state index contributed by atoms with van der Waals surface area (Å²) in [5.74, 6) is -0.574. The smallest absolute Gasteiger partial charge is 0.337 e. The van der Waals surface area contributed by atoms with E-state index in [4.69, 9.17) is 4.74 Å². The van der Waals surface area contributed by atoms with Gasteiger partial charge in [0.25, 0.3) is 0 Å². The molecular weight excluding hydrogens is 302 g/mol. The lowest BCUT2D eigenvalue weighted by molar-refractivity contribution is -0.143. The molecule has 1 aromatic rings.